The van der Waals surface area contributed by atoms with E-state index in [0.29, 0.717) is 22.3 Å². The van der Waals surface area contributed by atoms with Crippen LogP contribution in [0, 0.1) is 6.92 Å². The van der Waals surface area contributed by atoms with Crippen LogP contribution in [0.3, 0.4) is 0 Å². The second-order valence-corrected chi connectivity index (χ2v) is 8.00. The summed E-state index contributed by atoms with van der Waals surface area (Å²) in [5.74, 6) is 0.668. The van der Waals surface area contributed by atoms with Gasteiger partial charge in [0.25, 0.3) is 5.56 Å². The first-order valence-corrected chi connectivity index (χ1v) is 9.72. The number of hydrogen-bond donors (Lipinski definition) is 1. The van der Waals surface area contributed by atoms with Crippen molar-refractivity contribution >= 4 is 53.0 Å². The molecule has 1 aromatic carbocycles. The summed E-state index contributed by atoms with van der Waals surface area (Å²) >= 11 is 3.43. The molecule has 1 N–H and O–H groups in total. The van der Waals surface area contributed by atoms with Gasteiger partial charge >= 0.3 is 0 Å². The van der Waals surface area contributed by atoms with Crippen molar-refractivity contribution in [3.05, 3.63) is 50.7 Å². The topological polar surface area (TPSA) is 89.8 Å². The van der Waals surface area contributed by atoms with E-state index in [1.54, 1.807) is 19.2 Å². The lowest BCUT2D eigenvalue weighted by atomic mass is 10.0. The minimum absolute atomic E-state index is 0.0971. The van der Waals surface area contributed by atoms with Crippen LogP contribution in [0.15, 0.2) is 33.7 Å². The number of carbonyl (C=O) groups excluding carboxylic acids is 1. The zero-order valence-corrected chi connectivity index (χ0v) is 17.9. The van der Waals surface area contributed by atoms with Crippen molar-refractivity contribution in [3.8, 4) is 0 Å². The zero-order valence-electron chi connectivity index (χ0n) is 15.2. The Morgan fingerprint density at radius 2 is 2.07 bits per heavy atom. The Kier molecular flexibility index (Phi) is 5.67. The summed E-state index contributed by atoms with van der Waals surface area (Å²) in [6, 6.07) is 5.44. The number of fused-ring (bicyclic) bond motifs is 1. The second-order valence-electron chi connectivity index (χ2n) is 6.46. The summed E-state index contributed by atoms with van der Waals surface area (Å²) in [6.07, 6.45) is 1.61. The summed E-state index contributed by atoms with van der Waals surface area (Å²) in [4.78, 5) is 33.5. The van der Waals surface area contributed by atoms with E-state index in [2.05, 4.69) is 45.6 Å². The molecule has 27 heavy (non-hydrogen) atoms. The largest absolute Gasteiger partial charge is 0.308 e. The van der Waals surface area contributed by atoms with Crippen molar-refractivity contribution in [2.24, 2.45) is 0 Å². The fourth-order valence-electron chi connectivity index (χ4n) is 2.70. The Balaban J connectivity index is 1.98. The monoisotopic (exact) mass is 447 g/mol. The van der Waals surface area contributed by atoms with Gasteiger partial charge in [0.2, 0.25) is 5.91 Å². The number of hydrogen-bond acceptors (Lipinski definition) is 5. The average Bonchev–Trinajstić information content (AvgIpc) is 2.60. The Morgan fingerprint density at radius 3 is 2.78 bits per heavy atom. The summed E-state index contributed by atoms with van der Waals surface area (Å²) < 4.78 is 2.08. The van der Waals surface area contributed by atoms with E-state index in [-0.39, 0.29) is 23.9 Å². The van der Waals surface area contributed by atoms with Gasteiger partial charge in [0, 0.05) is 21.4 Å². The highest BCUT2D eigenvalue weighted by Crippen LogP contribution is 2.24. The number of anilines is 1. The molecule has 2 aromatic heterocycles. The highest BCUT2D eigenvalue weighted by atomic mass is 79.9. The van der Waals surface area contributed by atoms with E-state index < -0.39 is 0 Å². The summed E-state index contributed by atoms with van der Waals surface area (Å²) in [6.45, 7) is 5.55. The zero-order chi connectivity index (χ0) is 19.7. The normalized spacial score (nSPS) is 11.2. The van der Waals surface area contributed by atoms with Gasteiger partial charge in [-0.15, -0.1) is 0 Å². The molecule has 3 aromatic rings. The predicted molar refractivity (Wildman–Crippen MR) is 113 cm³/mol. The Morgan fingerprint density at radius 1 is 1.33 bits per heavy atom. The SMILES string of the molecule is Cc1ncc(P)c(NC(=O)Cn2nc(C(C)C)c3cc(Br)ccc3c2=O)n1. The van der Waals surface area contributed by atoms with Crippen LogP contribution in [0.1, 0.15) is 31.3 Å². The van der Waals surface area contributed by atoms with Crippen LogP contribution in [-0.4, -0.2) is 25.7 Å². The number of nitrogens with one attached hydrogen (secondary N) is 1. The van der Waals surface area contributed by atoms with Gasteiger partial charge in [-0.1, -0.05) is 39.0 Å². The molecular weight excluding hydrogens is 429 g/mol. The molecule has 140 valence electrons. The molecule has 1 unspecified atom stereocenters. The number of aromatic nitrogens is 4. The fraction of sp³-hybridized carbons (Fsp3) is 0.278. The molecule has 7 nitrogen and oxygen atoms in total. The third kappa shape index (κ3) is 4.22. The second kappa shape index (κ2) is 7.82. The van der Waals surface area contributed by atoms with Crippen molar-refractivity contribution in [1.29, 1.82) is 0 Å². The third-order valence-corrected chi connectivity index (χ3v) is 4.90. The number of amides is 1. The molecule has 2 heterocycles. The molecule has 0 saturated heterocycles. The first-order chi connectivity index (χ1) is 12.8. The van der Waals surface area contributed by atoms with Gasteiger partial charge in [0.05, 0.1) is 11.1 Å². The molecule has 1 atom stereocenters. The number of aryl methyl sites for hydroxylation is 1. The molecule has 0 spiro atoms. The molecule has 0 bridgehead atoms. The van der Waals surface area contributed by atoms with Gasteiger partial charge in [-0.25, -0.2) is 14.6 Å². The minimum atomic E-state index is -0.377. The third-order valence-electron chi connectivity index (χ3n) is 3.99. The van der Waals surface area contributed by atoms with Crippen LogP contribution in [0.4, 0.5) is 5.82 Å². The fourth-order valence-corrected chi connectivity index (χ4v) is 3.28. The lowest BCUT2D eigenvalue weighted by molar-refractivity contribution is -0.117. The molecule has 9 heteroatoms. The Labute approximate surface area is 166 Å². The highest BCUT2D eigenvalue weighted by molar-refractivity contribution is 9.10. The molecule has 1 amide bonds. The smallest absolute Gasteiger partial charge is 0.275 e. The maximum atomic E-state index is 12.8. The first kappa shape index (κ1) is 19.6. The predicted octanol–water partition coefficient (Wildman–Crippen LogP) is 2.52. The molecule has 0 fully saturated rings. The van der Waals surface area contributed by atoms with Crippen LogP contribution < -0.4 is 16.2 Å². The van der Waals surface area contributed by atoms with Crippen molar-refractivity contribution < 1.29 is 4.79 Å². The number of halogens is 1. The molecule has 0 saturated carbocycles. The average molecular weight is 448 g/mol. The van der Waals surface area contributed by atoms with Crippen molar-refractivity contribution in [1.82, 2.24) is 19.7 Å². The molecular formula is C18H19BrN5O2P. The van der Waals surface area contributed by atoms with Gasteiger partial charge in [-0.05, 0) is 31.0 Å². The summed E-state index contributed by atoms with van der Waals surface area (Å²) in [5.41, 5.74) is 0.463. The maximum absolute atomic E-state index is 12.8. The van der Waals surface area contributed by atoms with E-state index in [4.69, 9.17) is 0 Å². The molecule has 0 aliphatic heterocycles. The van der Waals surface area contributed by atoms with Crippen LogP contribution in [0.25, 0.3) is 10.8 Å². The van der Waals surface area contributed by atoms with E-state index >= 15 is 0 Å². The Bertz CT molecular complexity index is 1100. The molecule has 0 radical (unpaired) electrons. The molecule has 3 rings (SSSR count). The van der Waals surface area contributed by atoms with Gasteiger partial charge < -0.3 is 5.32 Å². The van der Waals surface area contributed by atoms with E-state index in [1.807, 2.05) is 26.0 Å². The number of nitrogens with zero attached hydrogens (tertiary/aromatic N) is 4. The van der Waals surface area contributed by atoms with Crippen molar-refractivity contribution in [2.45, 2.75) is 33.2 Å². The lowest BCUT2D eigenvalue weighted by Gasteiger charge is -2.14. The van der Waals surface area contributed by atoms with Crippen LogP contribution in [0.2, 0.25) is 0 Å². The summed E-state index contributed by atoms with van der Waals surface area (Å²) in [7, 11) is 2.47. The number of rotatable bonds is 4. The lowest BCUT2D eigenvalue weighted by Crippen LogP contribution is -2.31. The van der Waals surface area contributed by atoms with Crippen molar-refractivity contribution in [2.75, 3.05) is 5.32 Å². The van der Waals surface area contributed by atoms with E-state index in [9.17, 15) is 9.59 Å². The van der Waals surface area contributed by atoms with Gasteiger partial charge in [-0.3, -0.25) is 9.59 Å². The number of benzene rings is 1. The van der Waals surface area contributed by atoms with E-state index in [1.165, 1.54) is 4.68 Å². The number of carbonyl (C=O) groups is 1. The highest BCUT2D eigenvalue weighted by Gasteiger charge is 2.16. The molecule has 0 aliphatic rings. The van der Waals surface area contributed by atoms with E-state index in [0.717, 1.165) is 15.6 Å². The van der Waals surface area contributed by atoms with Crippen LogP contribution >= 0.6 is 25.2 Å². The van der Waals surface area contributed by atoms with Gasteiger partial charge in [0.15, 0.2) is 0 Å². The summed E-state index contributed by atoms with van der Waals surface area (Å²) in [5, 5.41) is 9.16. The first-order valence-electron chi connectivity index (χ1n) is 8.35. The maximum Gasteiger partial charge on any atom is 0.275 e. The van der Waals surface area contributed by atoms with Crippen LogP contribution in [0.5, 0.6) is 0 Å². The van der Waals surface area contributed by atoms with Crippen molar-refractivity contribution in [3.63, 3.8) is 0 Å². The van der Waals surface area contributed by atoms with Gasteiger partial charge in [0.1, 0.15) is 18.2 Å². The quantitative estimate of drug-likeness (QED) is 0.620. The van der Waals surface area contributed by atoms with Gasteiger partial charge in [-0.2, -0.15) is 5.10 Å². The molecule has 0 aliphatic carbocycles. The Hall–Kier alpha value is -2.18. The van der Waals surface area contributed by atoms with Crippen LogP contribution in [-0.2, 0) is 11.3 Å². The standard InChI is InChI=1S/C18H19BrN5O2P/c1-9(2)16-13-6-11(19)4-5-12(13)18(26)24(23-16)8-15(25)22-17-14(27)7-20-10(3)21-17/h4-7,9H,8,27H2,1-3H3,(H,20,21,22,25). The minimum Gasteiger partial charge on any atom is -0.308 e.